The van der Waals surface area contributed by atoms with Crippen LogP contribution >= 0.6 is 15.9 Å². The maximum Gasteiger partial charge on any atom is 0.126 e. The summed E-state index contributed by atoms with van der Waals surface area (Å²) in [5.41, 5.74) is 10.1. The van der Waals surface area contributed by atoms with Crippen molar-refractivity contribution in [3.63, 3.8) is 0 Å². The van der Waals surface area contributed by atoms with E-state index in [0.717, 1.165) is 22.1 Å². The molecule has 0 bridgehead atoms. The molecule has 1 atom stereocenters. The zero-order valence-electron chi connectivity index (χ0n) is 11.2. The molecule has 2 aromatic carbocycles. The summed E-state index contributed by atoms with van der Waals surface area (Å²) in [5, 5.41) is 7.85. The zero-order valence-corrected chi connectivity index (χ0v) is 12.8. The smallest absolute Gasteiger partial charge is 0.126 e. The lowest BCUT2D eigenvalue weighted by Crippen LogP contribution is -2.27. The molecular formula is C16H16BrN3. The van der Waals surface area contributed by atoms with Crippen LogP contribution in [0.5, 0.6) is 0 Å². The van der Waals surface area contributed by atoms with Crippen LogP contribution in [0.4, 0.5) is 11.4 Å². The van der Waals surface area contributed by atoms with E-state index in [1.54, 1.807) is 0 Å². The molecule has 1 aliphatic rings. The van der Waals surface area contributed by atoms with Gasteiger partial charge in [0.15, 0.2) is 0 Å². The molecule has 0 amide bonds. The molecule has 1 aliphatic heterocycles. The number of anilines is 2. The molecule has 2 aromatic rings. The number of halogens is 1. The highest BCUT2D eigenvalue weighted by molar-refractivity contribution is 9.10. The summed E-state index contributed by atoms with van der Waals surface area (Å²) < 4.78 is 0.860. The minimum Gasteiger partial charge on any atom is -0.384 e. The fourth-order valence-corrected chi connectivity index (χ4v) is 3.48. The van der Waals surface area contributed by atoms with E-state index >= 15 is 0 Å². The number of nitrogen functional groups attached to an aromatic ring is 1. The molecule has 0 fully saturated rings. The Morgan fingerprint density at radius 1 is 1.20 bits per heavy atom. The maximum atomic E-state index is 7.85. The van der Waals surface area contributed by atoms with Crippen molar-refractivity contribution in [1.82, 2.24) is 0 Å². The number of rotatable bonds is 2. The van der Waals surface area contributed by atoms with Crippen molar-refractivity contribution in [2.75, 3.05) is 4.90 Å². The molecule has 4 heteroatoms. The summed E-state index contributed by atoms with van der Waals surface area (Å²) in [5.74, 6) is 0.0871. The van der Waals surface area contributed by atoms with Crippen LogP contribution in [0.15, 0.2) is 46.9 Å². The second kappa shape index (κ2) is 4.94. The molecule has 0 spiro atoms. The van der Waals surface area contributed by atoms with Gasteiger partial charge in [-0.05, 0) is 53.0 Å². The Morgan fingerprint density at radius 3 is 2.65 bits per heavy atom. The van der Waals surface area contributed by atoms with Crippen molar-refractivity contribution in [3.8, 4) is 0 Å². The first kappa shape index (κ1) is 13.2. The molecule has 3 nitrogen and oxygen atoms in total. The van der Waals surface area contributed by atoms with Crippen LogP contribution in [0.1, 0.15) is 18.1 Å². The minimum absolute atomic E-state index is 0.0871. The number of nitrogens with one attached hydrogen (secondary N) is 1. The molecule has 102 valence electrons. The molecule has 0 aliphatic carbocycles. The molecule has 3 N–H and O–H groups in total. The van der Waals surface area contributed by atoms with Crippen molar-refractivity contribution in [1.29, 1.82) is 5.41 Å². The van der Waals surface area contributed by atoms with E-state index in [1.807, 2.05) is 18.2 Å². The predicted octanol–water partition coefficient (Wildman–Crippen LogP) is 3.82. The van der Waals surface area contributed by atoms with Gasteiger partial charge in [0.2, 0.25) is 0 Å². The summed E-state index contributed by atoms with van der Waals surface area (Å²) in [7, 11) is 0. The van der Waals surface area contributed by atoms with Crippen molar-refractivity contribution in [2.24, 2.45) is 5.73 Å². The van der Waals surface area contributed by atoms with Gasteiger partial charge in [0.1, 0.15) is 5.84 Å². The van der Waals surface area contributed by atoms with Crippen LogP contribution in [0.3, 0.4) is 0 Å². The number of para-hydroxylation sites is 1. The standard InChI is InChI=1S/C16H16BrN3/c1-10-9-11-5-2-3-7-13(11)20(10)14-8-4-6-12(17)15(14)16(18)19/h2-8,10H,9H2,1H3,(H3,18,19). The maximum absolute atomic E-state index is 7.85. The highest BCUT2D eigenvalue weighted by Gasteiger charge is 2.29. The van der Waals surface area contributed by atoms with Crippen molar-refractivity contribution < 1.29 is 0 Å². The van der Waals surface area contributed by atoms with E-state index in [-0.39, 0.29) is 5.84 Å². The molecular weight excluding hydrogens is 314 g/mol. The van der Waals surface area contributed by atoms with Gasteiger partial charge in [0.05, 0.1) is 11.3 Å². The molecule has 20 heavy (non-hydrogen) atoms. The topological polar surface area (TPSA) is 53.1 Å². The van der Waals surface area contributed by atoms with Gasteiger partial charge >= 0.3 is 0 Å². The first-order valence-electron chi connectivity index (χ1n) is 6.59. The molecule has 1 heterocycles. The normalized spacial score (nSPS) is 17.1. The Morgan fingerprint density at radius 2 is 1.90 bits per heavy atom. The Kier molecular flexibility index (Phi) is 3.26. The highest BCUT2D eigenvalue weighted by atomic mass is 79.9. The fraction of sp³-hybridized carbons (Fsp3) is 0.188. The SMILES string of the molecule is CC1Cc2ccccc2N1c1cccc(Br)c1C(=N)N. The molecule has 0 saturated heterocycles. The van der Waals surface area contributed by atoms with Crippen molar-refractivity contribution in [2.45, 2.75) is 19.4 Å². The van der Waals surface area contributed by atoms with E-state index in [9.17, 15) is 0 Å². The van der Waals surface area contributed by atoms with Gasteiger partial charge in [-0.25, -0.2) is 0 Å². The van der Waals surface area contributed by atoms with E-state index in [1.165, 1.54) is 11.3 Å². The van der Waals surface area contributed by atoms with E-state index < -0.39 is 0 Å². The van der Waals surface area contributed by atoms with Crippen molar-refractivity contribution >= 4 is 33.1 Å². The van der Waals surface area contributed by atoms with Gasteiger partial charge in [0, 0.05) is 16.2 Å². The van der Waals surface area contributed by atoms with Crippen LogP contribution < -0.4 is 10.6 Å². The van der Waals surface area contributed by atoms with Gasteiger partial charge < -0.3 is 10.6 Å². The number of benzene rings is 2. The quantitative estimate of drug-likeness (QED) is 0.650. The fourth-order valence-electron chi connectivity index (χ4n) is 2.91. The van der Waals surface area contributed by atoms with Crippen LogP contribution in [-0.2, 0) is 6.42 Å². The van der Waals surface area contributed by atoms with E-state index in [2.05, 4.69) is 52.0 Å². The summed E-state index contributed by atoms with van der Waals surface area (Å²) in [6, 6.07) is 14.7. The number of amidine groups is 1. The highest BCUT2D eigenvalue weighted by Crippen LogP contribution is 2.40. The summed E-state index contributed by atoms with van der Waals surface area (Å²) in [6.45, 7) is 2.20. The minimum atomic E-state index is 0.0871. The summed E-state index contributed by atoms with van der Waals surface area (Å²) in [4.78, 5) is 2.27. The monoisotopic (exact) mass is 329 g/mol. The van der Waals surface area contributed by atoms with Crippen LogP contribution in [-0.4, -0.2) is 11.9 Å². The average Bonchev–Trinajstić information content (AvgIpc) is 2.73. The molecule has 0 saturated carbocycles. The second-order valence-electron chi connectivity index (χ2n) is 5.10. The van der Waals surface area contributed by atoms with Gasteiger partial charge in [-0.2, -0.15) is 0 Å². The first-order valence-corrected chi connectivity index (χ1v) is 7.39. The van der Waals surface area contributed by atoms with Gasteiger partial charge in [0.25, 0.3) is 0 Å². The number of fused-ring (bicyclic) bond motifs is 1. The number of nitrogens with two attached hydrogens (primary N) is 1. The second-order valence-corrected chi connectivity index (χ2v) is 5.95. The van der Waals surface area contributed by atoms with Gasteiger partial charge in [-0.1, -0.05) is 24.3 Å². The molecule has 0 aromatic heterocycles. The van der Waals surface area contributed by atoms with Crippen molar-refractivity contribution in [3.05, 3.63) is 58.1 Å². The Hall–Kier alpha value is -1.81. The Bertz CT molecular complexity index is 681. The van der Waals surface area contributed by atoms with Gasteiger partial charge in [-0.3, -0.25) is 5.41 Å². The lowest BCUT2D eigenvalue weighted by Gasteiger charge is -2.27. The zero-order chi connectivity index (χ0) is 14.3. The van der Waals surface area contributed by atoms with Gasteiger partial charge in [-0.15, -0.1) is 0 Å². The summed E-state index contributed by atoms with van der Waals surface area (Å²) in [6.07, 6.45) is 1.01. The lowest BCUT2D eigenvalue weighted by atomic mass is 10.1. The first-order chi connectivity index (χ1) is 9.59. The average molecular weight is 330 g/mol. The van der Waals surface area contributed by atoms with Crippen LogP contribution in [0, 0.1) is 5.41 Å². The predicted molar refractivity (Wildman–Crippen MR) is 86.9 cm³/mol. The molecule has 1 unspecified atom stereocenters. The number of hydrogen-bond acceptors (Lipinski definition) is 2. The number of hydrogen-bond donors (Lipinski definition) is 2. The third-order valence-corrected chi connectivity index (χ3v) is 4.39. The molecule has 3 rings (SSSR count). The van der Waals surface area contributed by atoms with E-state index in [0.29, 0.717) is 6.04 Å². The number of nitrogens with zero attached hydrogens (tertiary/aromatic N) is 1. The largest absolute Gasteiger partial charge is 0.384 e. The third kappa shape index (κ3) is 2.00. The lowest BCUT2D eigenvalue weighted by molar-refractivity contribution is 0.758. The van der Waals surface area contributed by atoms with E-state index in [4.69, 9.17) is 11.1 Å². The third-order valence-electron chi connectivity index (χ3n) is 3.73. The van der Waals surface area contributed by atoms with Crippen LogP contribution in [0.25, 0.3) is 0 Å². The molecule has 0 radical (unpaired) electrons. The summed E-state index contributed by atoms with van der Waals surface area (Å²) >= 11 is 3.51. The Labute approximate surface area is 127 Å². The van der Waals surface area contributed by atoms with Crippen LogP contribution in [0.2, 0.25) is 0 Å². The Balaban J connectivity index is 2.20.